The lowest BCUT2D eigenvalue weighted by molar-refractivity contribution is -0.0663. The van der Waals surface area contributed by atoms with Crippen molar-refractivity contribution in [1.82, 2.24) is 4.90 Å². The molecule has 56 valence electrons. The maximum atomic E-state index is 11.8. The van der Waals surface area contributed by atoms with E-state index in [1.807, 2.05) is 0 Å². The van der Waals surface area contributed by atoms with Gasteiger partial charge in [-0.25, -0.2) is 0 Å². The van der Waals surface area contributed by atoms with Gasteiger partial charge >= 0.3 is 6.18 Å². The highest BCUT2D eigenvalue weighted by atomic mass is 19.4. The summed E-state index contributed by atoms with van der Waals surface area (Å²) in [6.07, 6.45) is -4.34. The standard InChI is InChI=1S/C5H5F3N2/c1-10-3-2-9-4(10)5(6,7)8/h3H2,1H3. The molecular weight excluding hydrogens is 145 g/mol. The van der Waals surface area contributed by atoms with E-state index in [1.54, 1.807) is 0 Å². The molecule has 0 saturated heterocycles. The Bertz CT molecular complexity index is 161. The largest absolute Gasteiger partial charge is 0.449 e. The van der Waals surface area contributed by atoms with Crippen molar-refractivity contribution >= 4 is 5.84 Å². The first-order valence-corrected chi connectivity index (χ1v) is 2.60. The van der Waals surface area contributed by atoms with Crippen LogP contribution >= 0.6 is 0 Å². The zero-order chi connectivity index (χ0) is 7.78. The molecule has 0 bridgehead atoms. The van der Waals surface area contributed by atoms with Crippen LogP contribution in [-0.4, -0.2) is 30.5 Å². The molecule has 0 aromatic carbocycles. The monoisotopic (exact) mass is 150 g/mol. The Morgan fingerprint density at radius 1 is 1.60 bits per heavy atom. The molecular formula is C5H5F3N2. The molecule has 0 atom stereocenters. The van der Waals surface area contributed by atoms with Gasteiger partial charge in [-0.1, -0.05) is 0 Å². The van der Waals surface area contributed by atoms with Gasteiger partial charge in [-0.05, 0) is 0 Å². The third kappa shape index (κ3) is 1.22. The lowest BCUT2D eigenvalue weighted by Gasteiger charge is -2.15. The molecule has 5 heteroatoms. The van der Waals surface area contributed by atoms with Gasteiger partial charge in [0.05, 0.1) is 0 Å². The minimum absolute atomic E-state index is 0.120. The molecule has 0 N–H and O–H groups in total. The second-order valence-electron chi connectivity index (χ2n) is 1.95. The zero-order valence-electron chi connectivity index (χ0n) is 5.24. The molecule has 1 aliphatic heterocycles. The molecule has 1 aliphatic rings. The van der Waals surface area contributed by atoms with E-state index in [0.717, 1.165) is 4.90 Å². The number of nitrogens with zero attached hydrogens (tertiary/aromatic N) is 2. The van der Waals surface area contributed by atoms with Crippen molar-refractivity contribution in [3.8, 4) is 0 Å². The number of amidine groups is 1. The molecule has 2 radical (unpaired) electrons. The normalized spacial score (nSPS) is 19.6. The molecule has 0 saturated carbocycles. The first-order valence-electron chi connectivity index (χ1n) is 2.60. The van der Waals surface area contributed by atoms with E-state index < -0.39 is 12.0 Å². The molecule has 0 aromatic rings. The summed E-state index contributed by atoms with van der Waals surface area (Å²) < 4.78 is 35.4. The van der Waals surface area contributed by atoms with Crippen molar-refractivity contribution in [2.45, 2.75) is 6.18 Å². The molecule has 0 aliphatic carbocycles. The molecule has 1 heterocycles. The number of hydrogen-bond acceptors (Lipinski definition) is 2. The van der Waals surface area contributed by atoms with E-state index in [9.17, 15) is 13.2 Å². The van der Waals surface area contributed by atoms with Crippen molar-refractivity contribution in [3.05, 3.63) is 6.54 Å². The number of halogens is 3. The lowest BCUT2D eigenvalue weighted by Crippen LogP contribution is -2.35. The van der Waals surface area contributed by atoms with Gasteiger partial charge in [-0.3, -0.25) is 4.99 Å². The molecule has 0 aromatic heterocycles. The Balaban J connectivity index is 2.72. The van der Waals surface area contributed by atoms with Crippen LogP contribution in [0.2, 0.25) is 0 Å². The maximum absolute atomic E-state index is 11.8. The van der Waals surface area contributed by atoms with Crippen molar-refractivity contribution in [2.75, 3.05) is 13.6 Å². The van der Waals surface area contributed by atoms with Crippen molar-refractivity contribution in [3.63, 3.8) is 0 Å². The van der Waals surface area contributed by atoms with Crippen LogP contribution in [0.15, 0.2) is 4.99 Å². The number of hydrogen-bond donors (Lipinski definition) is 0. The summed E-state index contributed by atoms with van der Waals surface area (Å²) in [6.45, 7) is 2.34. The van der Waals surface area contributed by atoms with Crippen LogP contribution < -0.4 is 0 Å². The van der Waals surface area contributed by atoms with E-state index in [0.29, 0.717) is 0 Å². The number of aliphatic imine (C=N–C) groups is 1. The number of alkyl halides is 3. The quantitative estimate of drug-likeness (QED) is 0.501. The Labute approximate surface area is 56.3 Å². The molecule has 1 rings (SSSR count). The van der Waals surface area contributed by atoms with Crippen molar-refractivity contribution < 1.29 is 13.2 Å². The van der Waals surface area contributed by atoms with Gasteiger partial charge in [-0.2, -0.15) is 13.2 Å². The van der Waals surface area contributed by atoms with E-state index >= 15 is 0 Å². The average Bonchev–Trinajstić information content (AvgIpc) is 2.11. The summed E-state index contributed by atoms with van der Waals surface area (Å²) in [5.41, 5.74) is 0. The highest BCUT2D eigenvalue weighted by molar-refractivity contribution is 5.89. The molecule has 2 nitrogen and oxygen atoms in total. The second kappa shape index (κ2) is 2.14. The highest BCUT2D eigenvalue weighted by Crippen LogP contribution is 2.22. The summed E-state index contributed by atoms with van der Waals surface area (Å²) in [6, 6.07) is 0. The molecule has 0 amide bonds. The Kier molecular flexibility index (Phi) is 1.58. The first-order chi connectivity index (χ1) is 4.52. The number of likely N-dealkylation sites (N-methyl/N-ethyl adjacent to an activating group) is 1. The van der Waals surface area contributed by atoms with E-state index in [4.69, 9.17) is 0 Å². The predicted octanol–water partition coefficient (Wildman–Crippen LogP) is 0.931. The van der Waals surface area contributed by atoms with Gasteiger partial charge in [0.2, 0.25) is 5.84 Å². The third-order valence-electron chi connectivity index (χ3n) is 1.11. The van der Waals surface area contributed by atoms with Crippen LogP contribution in [0.1, 0.15) is 0 Å². The van der Waals surface area contributed by atoms with Gasteiger partial charge in [-0.15, -0.1) is 0 Å². The molecule has 0 fully saturated rings. The summed E-state index contributed by atoms with van der Waals surface area (Å²) in [4.78, 5) is 4.06. The van der Waals surface area contributed by atoms with Crippen LogP contribution in [0.3, 0.4) is 0 Å². The predicted molar refractivity (Wildman–Crippen MR) is 29.4 cm³/mol. The van der Waals surface area contributed by atoms with Crippen LogP contribution in [0.5, 0.6) is 0 Å². The van der Waals surface area contributed by atoms with Crippen molar-refractivity contribution in [1.29, 1.82) is 0 Å². The van der Waals surface area contributed by atoms with Gasteiger partial charge < -0.3 is 4.90 Å². The third-order valence-corrected chi connectivity index (χ3v) is 1.11. The van der Waals surface area contributed by atoms with Gasteiger partial charge in [0, 0.05) is 13.6 Å². The smallest absolute Gasteiger partial charge is 0.353 e. The summed E-state index contributed by atoms with van der Waals surface area (Å²) >= 11 is 0. The van der Waals surface area contributed by atoms with E-state index in [2.05, 4.69) is 11.5 Å². The molecule has 10 heavy (non-hydrogen) atoms. The minimum atomic E-state index is -4.34. The average molecular weight is 150 g/mol. The molecule has 0 unspecified atom stereocenters. The Hall–Kier alpha value is -0.740. The Morgan fingerprint density at radius 2 is 2.20 bits per heavy atom. The number of rotatable bonds is 0. The lowest BCUT2D eigenvalue weighted by atomic mass is 10.5. The first kappa shape index (κ1) is 7.37. The Morgan fingerprint density at radius 3 is 2.40 bits per heavy atom. The van der Waals surface area contributed by atoms with E-state index in [-0.39, 0.29) is 6.54 Å². The second-order valence-corrected chi connectivity index (χ2v) is 1.95. The van der Waals surface area contributed by atoms with Crippen LogP contribution in [0, 0.1) is 6.54 Å². The van der Waals surface area contributed by atoms with E-state index in [1.165, 1.54) is 7.05 Å². The SMILES string of the molecule is CN1C[C]N=C1C(F)(F)F. The van der Waals surface area contributed by atoms with Gasteiger partial charge in [0.15, 0.2) is 0 Å². The van der Waals surface area contributed by atoms with Gasteiger partial charge in [0.1, 0.15) is 6.54 Å². The van der Waals surface area contributed by atoms with Crippen LogP contribution in [0.4, 0.5) is 13.2 Å². The van der Waals surface area contributed by atoms with Crippen LogP contribution in [0.25, 0.3) is 0 Å². The zero-order valence-corrected chi connectivity index (χ0v) is 5.24. The van der Waals surface area contributed by atoms with Crippen molar-refractivity contribution in [2.24, 2.45) is 4.99 Å². The fraction of sp³-hybridized carbons (Fsp3) is 0.600. The maximum Gasteiger partial charge on any atom is 0.449 e. The summed E-state index contributed by atoms with van der Waals surface area (Å²) in [5.74, 6) is -0.868. The summed E-state index contributed by atoms with van der Waals surface area (Å²) in [5, 5.41) is 0. The summed E-state index contributed by atoms with van der Waals surface area (Å²) in [7, 11) is 1.33. The topological polar surface area (TPSA) is 15.6 Å². The highest BCUT2D eigenvalue weighted by Gasteiger charge is 2.40. The minimum Gasteiger partial charge on any atom is -0.353 e. The van der Waals surface area contributed by atoms with Gasteiger partial charge in [0.25, 0.3) is 0 Å². The fourth-order valence-electron chi connectivity index (χ4n) is 0.656. The van der Waals surface area contributed by atoms with Crippen LogP contribution in [-0.2, 0) is 0 Å². The fourth-order valence-corrected chi connectivity index (χ4v) is 0.656. The molecule has 0 spiro atoms.